The average molecular weight is 305 g/mol. The number of methoxy groups -OCH3 is 2. The zero-order valence-corrected chi connectivity index (χ0v) is 11.7. The van der Waals surface area contributed by atoms with E-state index < -0.39 is 28.7 Å². The number of aliphatic hydroxyl groups is 2. The van der Waals surface area contributed by atoms with Gasteiger partial charge in [0, 0.05) is 5.56 Å². The summed E-state index contributed by atoms with van der Waals surface area (Å²) >= 11 is 0. The molecule has 0 aliphatic rings. The van der Waals surface area contributed by atoms with E-state index in [1.54, 1.807) is 0 Å². The standard InChI is InChI=1S/C12H15BF3NO4/c1-10(17,18)11(13,19)6-4-9(21-3)7(12(14,15)16)5-8(6)20-2/h4-5,18-19H,17H2,1-3H3. The minimum absolute atomic E-state index is 0.345. The van der Waals surface area contributed by atoms with Crippen LogP contribution < -0.4 is 15.2 Å². The van der Waals surface area contributed by atoms with E-state index in [1.165, 1.54) is 0 Å². The van der Waals surface area contributed by atoms with Crippen molar-refractivity contribution in [2.24, 2.45) is 5.73 Å². The number of hydrogen-bond acceptors (Lipinski definition) is 5. The first-order valence-electron chi connectivity index (χ1n) is 5.72. The number of ether oxygens (including phenoxy) is 2. The zero-order valence-electron chi connectivity index (χ0n) is 11.7. The van der Waals surface area contributed by atoms with Crippen LogP contribution >= 0.6 is 0 Å². The van der Waals surface area contributed by atoms with Crippen molar-refractivity contribution in [1.29, 1.82) is 0 Å². The predicted molar refractivity (Wildman–Crippen MR) is 69.0 cm³/mol. The molecular weight excluding hydrogens is 290 g/mol. The molecule has 0 aliphatic carbocycles. The first-order chi connectivity index (χ1) is 9.36. The number of nitrogens with two attached hydrogens (primary N) is 1. The molecule has 0 bridgehead atoms. The van der Waals surface area contributed by atoms with E-state index in [0.29, 0.717) is 6.07 Å². The van der Waals surface area contributed by atoms with Crippen molar-refractivity contribution in [2.45, 2.75) is 24.3 Å². The second-order valence-electron chi connectivity index (χ2n) is 4.66. The predicted octanol–water partition coefficient (Wildman–Crippen LogP) is 0.703. The molecule has 21 heavy (non-hydrogen) atoms. The van der Waals surface area contributed by atoms with Gasteiger partial charge in [-0.25, -0.2) is 0 Å². The molecular formula is C12H15BF3NO4. The van der Waals surface area contributed by atoms with Gasteiger partial charge in [0.25, 0.3) is 0 Å². The number of halogens is 3. The Morgan fingerprint density at radius 1 is 1.05 bits per heavy atom. The molecule has 2 unspecified atom stereocenters. The van der Waals surface area contributed by atoms with Crippen LogP contribution in [0.1, 0.15) is 18.1 Å². The molecule has 1 aromatic rings. The van der Waals surface area contributed by atoms with Gasteiger partial charge >= 0.3 is 6.18 Å². The molecule has 1 rings (SSSR count). The van der Waals surface area contributed by atoms with Crippen LogP contribution in [0.2, 0.25) is 0 Å². The lowest BCUT2D eigenvalue weighted by Crippen LogP contribution is -2.57. The third kappa shape index (κ3) is 3.25. The molecule has 0 aliphatic heterocycles. The Hall–Kier alpha value is -1.45. The molecule has 116 valence electrons. The van der Waals surface area contributed by atoms with E-state index in [1.807, 2.05) is 0 Å². The molecule has 0 spiro atoms. The summed E-state index contributed by atoms with van der Waals surface area (Å²) in [5.74, 6) is -0.981. The summed E-state index contributed by atoms with van der Waals surface area (Å²) in [7, 11) is 7.65. The van der Waals surface area contributed by atoms with Gasteiger partial charge < -0.3 is 25.4 Å². The van der Waals surface area contributed by atoms with Crippen molar-refractivity contribution in [3.8, 4) is 11.5 Å². The highest BCUT2D eigenvalue weighted by Crippen LogP contribution is 2.43. The molecule has 0 saturated carbocycles. The lowest BCUT2D eigenvalue weighted by atomic mass is 9.68. The molecule has 5 nitrogen and oxygen atoms in total. The molecule has 2 radical (unpaired) electrons. The van der Waals surface area contributed by atoms with Crippen molar-refractivity contribution in [3.05, 3.63) is 23.3 Å². The van der Waals surface area contributed by atoms with Gasteiger partial charge in [-0.2, -0.15) is 13.2 Å². The molecule has 1 aromatic carbocycles. The highest BCUT2D eigenvalue weighted by molar-refractivity contribution is 6.15. The Labute approximate surface area is 120 Å². The first kappa shape index (κ1) is 17.6. The van der Waals surface area contributed by atoms with Crippen LogP contribution in [0.25, 0.3) is 0 Å². The highest BCUT2D eigenvalue weighted by Gasteiger charge is 2.44. The van der Waals surface area contributed by atoms with E-state index in [0.717, 1.165) is 27.2 Å². The molecule has 0 aromatic heterocycles. The third-order valence-corrected chi connectivity index (χ3v) is 3.01. The Bertz CT molecular complexity index is 526. The Morgan fingerprint density at radius 3 is 1.76 bits per heavy atom. The van der Waals surface area contributed by atoms with Gasteiger partial charge in [0.05, 0.1) is 19.7 Å². The zero-order chi connectivity index (χ0) is 16.6. The summed E-state index contributed by atoms with van der Waals surface area (Å²) in [6.07, 6.45) is -4.70. The monoisotopic (exact) mass is 305 g/mol. The number of benzene rings is 1. The van der Waals surface area contributed by atoms with Crippen molar-refractivity contribution >= 4 is 7.85 Å². The smallest absolute Gasteiger partial charge is 0.420 e. The highest BCUT2D eigenvalue weighted by atomic mass is 19.4. The second-order valence-corrected chi connectivity index (χ2v) is 4.66. The second kappa shape index (κ2) is 5.40. The minimum Gasteiger partial charge on any atom is -0.496 e. The van der Waals surface area contributed by atoms with Crippen LogP contribution in [-0.4, -0.2) is 38.0 Å². The van der Waals surface area contributed by atoms with Crippen molar-refractivity contribution in [2.75, 3.05) is 14.2 Å². The summed E-state index contributed by atoms with van der Waals surface area (Å²) in [4.78, 5) is 0. The van der Waals surface area contributed by atoms with Crippen molar-refractivity contribution in [3.63, 3.8) is 0 Å². The fraction of sp³-hybridized carbons (Fsp3) is 0.500. The quantitative estimate of drug-likeness (QED) is 0.563. The van der Waals surface area contributed by atoms with Crippen LogP contribution in [0.15, 0.2) is 12.1 Å². The number of hydrogen-bond donors (Lipinski definition) is 3. The molecule has 4 N–H and O–H groups in total. The van der Waals surface area contributed by atoms with Gasteiger partial charge in [0.2, 0.25) is 0 Å². The third-order valence-electron chi connectivity index (χ3n) is 3.01. The lowest BCUT2D eigenvalue weighted by molar-refractivity contribution is -0.139. The molecule has 0 saturated heterocycles. The Balaban J connectivity index is 3.63. The van der Waals surface area contributed by atoms with E-state index >= 15 is 0 Å². The van der Waals surface area contributed by atoms with Crippen molar-refractivity contribution in [1.82, 2.24) is 0 Å². The maximum Gasteiger partial charge on any atom is 0.420 e. The molecule has 0 heterocycles. The van der Waals surface area contributed by atoms with Crippen molar-refractivity contribution < 1.29 is 32.9 Å². The normalized spacial score (nSPS) is 17.8. The van der Waals surface area contributed by atoms with Gasteiger partial charge in [-0.3, -0.25) is 0 Å². The maximum absolute atomic E-state index is 12.9. The van der Waals surface area contributed by atoms with Crippen LogP contribution in [-0.2, 0) is 11.7 Å². The molecule has 9 heteroatoms. The maximum atomic E-state index is 12.9. The van der Waals surface area contributed by atoms with E-state index in [9.17, 15) is 23.4 Å². The van der Waals surface area contributed by atoms with E-state index in [-0.39, 0.29) is 11.3 Å². The van der Waals surface area contributed by atoms with Crippen LogP contribution in [0.5, 0.6) is 11.5 Å². The Kier molecular flexibility index (Phi) is 4.52. The number of alkyl halides is 3. The summed E-state index contributed by atoms with van der Waals surface area (Å²) in [5.41, 5.74) is -1.000. The van der Waals surface area contributed by atoms with Crippen LogP contribution in [0.4, 0.5) is 13.2 Å². The Morgan fingerprint density at radius 2 is 1.43 bits per heavy atom. The average Bonchev–Trinajstić information content (AvgIpc) is 2.34. The molecule has 0 amide bonds. The number of rotatable bonds is 4. The largest absolute Gasteiger partial charge is 0.496 e. The van der Waals surface area contributed by atoms with Gasteiger partial charge in [-0.15, -0.1) is 0 Å². The summed E-state index contributed by atoms with van der Waals surface area (Å²) in [5, 5.41) is 19.8. The molecule has 2 atom stereocenters. The van der Waals surface area contributed by atoms with Crippen LogP contribution in [0, 0.1) is 0 Å². The summed E-state index contributed by atoms with van der Waals surface area (Å²) < 4.78 is 48.2. The summed E-state index contributed by atoms with van der Waals surface area (Å²) in [6, 6.07) is 1.43. The SMILES string of the molecule is [B]C(O)(c1cc(OC)c(C(F)(F)F)cc1OC)C(C)(N)O. The van der Waals surface area contributed by atoms with Gasteiger partial charge in [0.15, 0.2) is 0 Å². The first-order valence-corrected chi connectivity index (χ1v) is 5.72. The molecule has 0 fully saturated rings. The fourth-order valence-corrected chi connectivity index (χ4v) is 1.69. The topological polar surface area (TPSA) is 84.9 Å². The summed E-state index contributed by atoms with van der Waals surface area (Å²) in [6.45, 7) is 0.997. The van der Waals surface area contributed by atoms with Gasteiger partial charge in [-0.05, 0) is 19.1 Å². The van der Waals surface area contributed by atoms with Gasteiger partial charge in [0.1, 0.15) is 30.6 Å². The van der Waals surface area contributed by atoms with E-state index in [4.69, 9.17) is 18.3 Å². The fourth-order valence-electron chi connectivity index (χ4n) is 1.69. The lowest BCUT2D eigenvalue weighted by Gasteiger charge is -2.37. The van der Waals surface area contributed by atoms with Gasteiger partial charge in [-0.1, -0.05) is 0 Å². The minimum atomic E-state index is -4.70. The van der Waals surface area contributed by atoms with E-state index in [2.05, 4.69) is 4.74 Å². The van der Waals surface area contributed by atoms with Crippen LogP contribution in [0.3, 0.4) is 0 Å².